The molecule has 1 saturated heterocycles. The Balaban J connectivity index is 1.51. The Kier molecular flexibility index (Phi) is 7.70. The lowest BCUT2D eigenvalue weighted by Gasteiger charge is -2.21. The van der Waals surface area contributed by atoms with Crippen molar-refractivity contribution in [1.82, 2.24) is 9.80 Å². The van der Waals surface area contributed by atoms with Gasteiger partial charge in [-0.25, -0.2) is 4.39 Å². The molecule has 1 fully saturated rings. The summed E-state index contributed by atoms with van der Waals surface area (Å²) in [4.78, 5) is 30.1. The van der Waals surface area contributed by atoms with E-state index in [0.717, 1.165) is 18.9 Å². The van der Waals surface area contributed by atoms with Crippen molar-refractivity contribution in [1.29, 1.82) is 0 Å². The van der Waals surface area contributed by atoms with Gasteiger partial charge in [-0.3, -0.25) is 9.59 Å². The highest BCUT2D eigenvalue weighted by Gasteiger charge is 2.40. The standard InChI is InChI=1S/C29H33F4N3O2/c1-5-26(37)35-12-10-19(17-35)9-11-34(4)16-20-13-23-24(25(14-20)29(31,32)33)18-36(27(23)38)22-8-6-7-21(15-22)28(2,3)30/h5-8,13-15,19H,1,9-12,16-18H2,2-4H3. The van der Waals surface area contributed by atoms with Crippen LogP contribution in [0.15, 0.2) is 49.1 Å². The molecule has 2 heterocycles. The molecule has 2 aromatic rings. The smallest absolute Gasteiger partial charge is 0.339 e. The summed E-state index contributed by atoms with van der Waals surface area (Å²) in [6.07, 6.45) is -1.62. The van der Waals surface area contributed by atoms with Crippen molar-refractivity contribution in [2.45, 2.75) is 51.6 Å². The summed E-state index contributed by atoms with van der Waals surface area (Å²) in [7, 11) is 1.83. The molecule has 0 saturated carbocycles. The zero-order valence-electron chi connectivity index (χ0n) is 21.9. The van der Waals surface area contributed by atoms with E-state index >= 15 is 0 Å². The van der Waals surface area contributed by atoms with Crippen molar-refractivity contribution in [3.05, 3.63) is 76.9 Å². The Hall–Kier alpha value is -3.20. The lowest BCUT2D eigenvalue weighted by molar-refractivity contribution is -0.138. The number of hydrogen-bond donors (Lipinski definition) is 0. The molecule has 2 aliphatic heterocycles. The molecule has 1 atom stereocenters. The van der Waals surface area contributed by atoms with Crippen LogP contribution in [-0.2, 0) is 29.7 Å². The minimum Gasteiger partial charge on any atom is -0.339 e. The Morgan fingerprint density at radius 1 is 1.18 bits per heavy atom. The van der Waals surface area contributed by atoms with Crippen LogP contribution in [0.4, 0.5) is 23.2 Å². The zero-order chi connectivity index (χ0) is 27.8. The number of alkyl halides is 4. The van der Waals surface area contributed by atoms with Gasteiger partial charge in [0.2, 0.25) is 5.91 Å². The van der Waals surface area contributed by atoms with E-state index in [2.05, 4.69) is 6.58 Å². The highest BCUT2D eigenvalue weighted by atomic mass is 19.4. The summed E-state index contributed by atoms with van der Waals surface area (Å²) >= 11 is 0. The molecule has 0 N–H and O–H groups in total. The van der Waals surface area contributed by atoms with Crippen LogP contribution in [-0.4, -0.2) is 48.3 Å². The summed E-state index contributed by atoms with van der Waals surface area (Å²) in [5.41, 5.74) is -1.39. The minimum atomic E-state index is -4.62. The molecule has 38 heavy (non-hydrogen) atoms. The van der Waals surface area contributed by atoms with Crippen LogP contribution >= 0.6 is 0 Å². The number of likely N-dealkylation sites (tertiary alicyclic amines) is 1. The van der Waals surface area contributed by atoms with Gasteiger partial charge in [-0.2, -0.15) is 13.2 Å². The molecule has 9 heteroatoms. The third-order valence-corrected chi connectivity index (χ3v) is 7.39. The molecule has 2 aromatic carbocycles. The second-order valence-corrected chi connectivity index (χ2v) is 10.8. The molecule has 0 bridgehead atoms. The van der Waals surface area contributed by atoms with E-state index in [1.165, 1.54) is 30.9 Å². The fraction of sp³-hybridized carbons (Fsp3) is 0.448. The zero-order valence-corrected chi connectivity index (χ0v) is 21.9. The van der Waals surface area contributed by atoms with E-state index in [0.29, 0.717) is 42.4 Å². The van der Waals surface area contributed by atoms with Crippen LogP contribution in [0.25, 0.3) is 0 Å². The van der Waals surface area contributed by atoms with Crippen molar-refractivity contribution >= 4 is 17.5 Å². The second kappa shape index (κ2) is 10.5. The van der Waals surface area contributed by atoms with Gasteiger partial charge in [0.15, 0.2) is 0 Å². The predicted molar refractivity (Wildman–Crippen MR) is 138 cm³/mol. The van der Waals surface area contributed by atoms with Crippen LogP contribution in [0, 0.1) is 5.92 Å². The van der Waals surface area contributed by atoms with Gasteiger partial charge >= 0.3 is 6.18 Å². The van der Waals surface area contributed by atoms with Crippen LogP contribution in [0.5, 0.6) is 0 Å². The summed E-state index contributed by atoms with van der Waals surface area (Å²) in [5, 5.41) is 0. The molecule has 0 aromatic heterocycles. The van der Waals surface area contributed by atoms with Crippen molar-refractivity contribution in [2.75, 3.05) is 31.6 Å². The van der Waals surface area contributed by atoms with Crippen LogP contribution < -0.4 is 4.90 Å². The maximum atomic E-state index is 14.5. The van der Waals surface area contributed by atoms with E-state index in [-0.39, 0.29) is 30.1 Å². The van der Waals surface area contributed by atoms with Gasteiger partial charge in [-0.15, -0.1) is 0 Å². The molecule has 0 aliphatic carbocycles. The molecule has 0 spiro atoms. The van der Waals surface area contributed by atoms with Gasteiger partial charge in [0, 0.05) is 30.9 Å². The molecule has 0 radical (unpaired) electrons. The Bertz CT molecular complexity index is 1240. The van der Waals surface area contributed by atoms with Crippen molar-refractivity contribution in [2.24, 2.45) is 5.92 Å². The molecule has 5 nitrogen and oxygen atoms in total. The van der Waals surface area contributed by atoms with Crippen LogP contribution in [0.1, 0.15) is 59.3 Å². The van der Waals surface area contributed by atoms with E-state index in [4.69, 9.17) is 0 Å². The maximum absolute atomic E-state index is 14.5. The highest BCUT2D eigenvalue weighted by molar-refractivity contribution is 6.10. The van der Waals surface area contributed by atoms with Crippen LogP contribution in [0.2, 0.25) is 0 Å². The lowest BCUT2D eigenvalue weighted by Crippen LogP contribution is -2.27. The topological polar surface area (TPSA) is 43.9 Å². The van der Waals surface area contributed by atoms with Gasteiger partial charge in [-0.1, -0.05) is 18.7 Å². The van der Waals surface area contributed by atoms with Gasteiger partial charge in [-0.05, 0) is 93.2 Å². The fourth-order valence-electron chi connectivity index (χ4n) is 5.26. The largest absolute Gasteiger partial charge is 0.416 e. The van der Waals surface area contributed by atoms with Crippen molar-refractivity contribution in [3.63, 3.8) is 0 Å². The molecular formula is C29H33F4N3O2. The quantitative estimate of drug-likeness (QED) is 0.314. The first-order chi connectivity index (χ1) is 17.8. The van der Waals surface area contributed by atoms with Crippen molar-refractivity contribution in [3.8, 4) is 0 Å². The Morgan fingerprint density at radius 3 is 2.58 bits per heavy atom. The average Bonchev–Trinajstić information content (AvgIpc) is 3.46. The molecular weight excluding hydrogens is 498 g/mol. The number of anilines is 1. The SMILES string of the molecule is C=CC(=O)N1CCC(CCN(C)Cc2cc3c(c(C(F)(F)F)c2)CN(c2cccc(C(C)(C)F)c2)C3=O)C1. The Labute approximate surface area is 220 Å². The first kappa shape index (κ1) is 27.8. The number of amides is 2. The molecule has 204 valence electrons. The molecule has 2 aliphatic rings. The number of rotatable bonds is 8. The fourth-order valence-corrected chi connectivity index (χ4v) is 5.26. The third-order valence-electron chi connectivity index (χ3n) is 7.39. The maximum Gasteiger partial charge on any atom is 0.416 e. The van der Waals surface area contributed by atoms with E-state index < -0.39 is 23.3 Å². The molecule has 4 rings (SSSR count). The number of hydrogen-bond acceptors (Lipinski definition) is 3. The summed E-state index contributed by atoms with van der Waals surface area (Å²) in [6.45, 7) is 8.30. The summed E-state index contributed by atoms with van der Waals surface area (Å²) in [5.74, 6) is -0.286. The van der Waals surface area contributed by atoms with Gasteiger partial charge in [0.1, 0.15) is 5.67 Å². The predicted octanol–water partition coefficient (Wildman–Crippen LogP) is 5.93. The van der Waals surface area contributed by atoms with E-state index in [1.807, 2.05) is 11.9 Å². The van der Waals surface area contributed by atoms with Gasteiger partial charge in [0.05, 0.1) is 12.1 Å². The lowest BCUT2D eigenvalue weighted by atomic mass is 9.98. The summed E-state index contributed by atoms with van der Waals surface area (Å²) < 4.78 is 56.8. The highest BCUT2D eigenvalue weighted by Crippen LogP contribution is 2.40. The van der Waals surface area contributed by atoms with Gasteiger partial charge < -0.3 is 14.7 Å². The molecule has 2 amide bonds. The number of halogens is 4. The van der Waals surface area contributed by atoms with E-state index in [9.17, 15) is 27.2 Å². The average molecular weight is 532 g/mol. The Morgan fingerprint density at radius 2 is 1.92 bits per heavy atom. The monoisotopic (exact) mass is 531 g/mol. The second-order valence-electron chi connectivity index (χ2n) is 10.8. The third kappa shape index (κ3) is 5.93. The first-order valence-corrected chi connectivity index (χ1v) is 12.7. The van der Waals surface area contributed by atoms with E-state index in [1.54, 1.807) is 29.2 Å². The normalized spacial score (nSPS) is 17.9. The van der Waals surface area contributed by atoms with Crippen molar-refractivity contribution < 1.29 is 27.2 Å². The number of carbonyl (C=O) groups is 2. The first-order valence-electron chi connectivity index (χ1n) is 12.7. The minimum absolute atomic E-state index is 0.0301. The van der Waals surface area contributed by atoms with Crippen LogP contribution in [0.3, 0.4) is 0 Å². The van der Waals surface area contributed by atoms with Gasteiger partial charge in [0.25, 0.3) is 5.91 Å². The summed E-state index contributed by atoms with van der Waals surface area (Å²) in [6, 6.07) is 8.99. The number of fused-ring (bicyclic) bond motifs is 1. The number of benzene rings is 2. The number of nitrogens with zero attached hydrogens (tertiary/aromatic N) is 3. The molecule has 1 unspecified atom stereocenters. The number of carbonyl (C=O) groups excluding carboxylic acids is 2.